The number of aromatic nitrogens is 2. The van der Waals surface area contributed by atoms with E-state index in [2.05, 4.69) is 9.97 Å². The first kappa shape index (κ1) is 13.9. The van der Waals surface area contributed by atoms with E-state index in [1.165, 1.54) is 16.2 Å². The van der Waals surface area contributed by atoms with Gasteiger partial charge in [0, 0.05) is 11.9 Å². The van der Waals surface area contributed by atoms with Gasteiger partial charge in [0.05, 0.1) is 29.5 Å². The SMILES string of the molecule is Cc1ncsc1CN(C)C(=O)c1cc(F)cnc1Cl. The van der Waals surface area contributed by atoms with Gasteiger partial charge in [0.25, 0.3) is 5.91 Å². The number of hydrogen-bond acceptors (Lipinski definition) is 4. The molecule has 0 bridgehead atoms. The van der Waals surface area contributed by atoms with E-state index in [-0.39, 0.29) is 16.6 Å². The van der Waals surface area contributed by atoms with Crippen molar-refractivity contribution in [1.29, 1.82) is 0 Å². The average molecular weight is 300 g/mol. The summed E-state index contributed by atoms with van der Waals surface area (Å²) >= 11 is 7.28. The summed E-state index contributed by atoms with van der Waals surface area (Å²) in [7, 11) is 1.63. The molecule has 0 N–H and O–H groups in total. The lowest BCUT2D eigenvalue weighted by atomic mass is 10.2. The predicted octanol–water partition coefficient (Wildman–Crippen LogP) is 2.91. The first-order valence-corrected chi connectivity index (χ1v) is 6.70. The number of amides is 1. The van der Waals surface area contributed by atoms with Gasteiger partial charge in [-0.05, 0) is 13.0 Å². The van der Waals surface area contributed by atoms with Crippen LogP contribution in [0.5, 0.6) is 0 Å². The van der Waals surface area contributed by atoms with Crippen LogP contribution in [-0.4, -0.2) is 27.8 Å². The van der Waals surface area contributed by atoms with Crippen LogP contribution in [0.25, 0.3) is 0 Å². The number of aryl methyl sites for hydroxylation is 1. The Kier molecular flexibility index (Phi) is 4.11. The molecule has 100 valence electrons. The van der Waals surface area contributed by atoms with Gasteiger partial charge in [-0.2, -0.15) is 0 Å². The molecule has 19 heavy (non-hydrogen) atoms. The zero-order valence-electron chi connectivity index (χ0n) is 10.4. The molecule has 2 aromatic heterocycles. The molecule has 0 fully saturated rings. The average Bonchev–Trinajstić information content (AvgIpc) is 2.77. The van der Waals surface area contributed by atoms with Crippen molar-refractivity contribution >= 4 is 28.8 Å². The fraction of sp³-hybridized carbons (Fsp3) is 0.250. The first-order valence-electron chi connectivity index (χ1n) is 5.44. The highest BCUT2D eigenvalue weighted by molar-refractivity contribution is 7.09. The second-order valence-corrected chi connectivity index (χ2v) is 5.31. The molecule has 7 heteroatoms. The summed E-state index contributed by atoms with van der Waals surface area (Å²) in [6, 6.07) is 1.09. The largest absolute Gasteiger partial charge is 0.336 e. The van der Waals surface area contributed by atoms with E-state index in [0.717, 1.165) is 22.8 Å². The highest BCUT2D eigenvalue weighted by atomic mass is 35.5. The summed E-state index contributed by atoms with van der Waals surface area (Å²) in [4.78, 5) is 22.4. The first-order chi connectivity index (χ1) is 8.99. The molecular weight excluding hydrogens is 289 g/mol. The fourth-order valence-electron chi connectivity index (χ4n) is 1.54. The van der Waals surface area contributed by atoms with Crippen LogP contribution in [0.15, 0.2) is 17.8 Å². The molecule has 0 aliphatic carbocycles. The Balaban J connectivity index is 2.19. The van der Waals surface area contributed by atoms with Crippen LogP contribution in [0, 0.1) is 12.7 Å². The summed E-state index contributed by atoms with van der Waals surface area (Å²) in [6.45, 7) is 2.28. The highest BCUT2D eigenvalue weighted by Crippen LogP contribution is 2.19. The van der Waals surface area contributed by atoms with Crippen molar-refractivity contribution in [2.45, 2.75) is 13.5 Å². The molecule has 0 radical (unpaired) electrons. The number of rotatable bonds is 3. The molecule has 0 saturated carbocycles. The molecule has 2 rings (SSSR count). The Bertz CT molecular complexity index is 617. The second-order valence-electron chi connectivity index (χ2n) is 4.01. The van der Waals surface area contributed by atoms with Crippen LogP contribution < -0.4 is 0 Å². The van der Waals surface area contributed by atoms with Gasteiger partial charge >= 0.3 is 0 Å². The van der Waals surface area contributed by atoms with E-state index >= 15 is 0 Å². The molecule has 0 atom stereocenters. The molecule has 0 spiro atoms. The van der Waals surface area contributed by atoms with Gasteiger partial charge in [0.2, 0.25) is 0 Å². The quantitative estimate of drug-likeness (QED) is 0.819. The monoisotopic (exact) mass is 299 g/mol. The number of carbonyl (C=O) groups is 1. The van der Waals surface area contributed by atoms with Crippen LogP contribution >= 0.6 is 22.9 Å². The number of nitrogens with zero attached hydrogens (tertiary/aromatic N) is 3. The number of halogens is 2. The van der Waals surface area contributed by atoms with Crippen LogP contribution in [0.1, 0.15) is 20.9 Å². The minimum atomic E-state index is -0.588. The maximum absolute atomic E-state index is 13.1. The van der Waals surface area contributed by atoms with Crippen LogP contribution in [0.2, 0.25) is 5.15 Å². The molecule has 1 amide bonds. The molecule has 0 unspecified atom stereocenters. The van der Waals surface area contributed by atoms with Crippen molar-refractivity contribution < 1.29 is 9.18 Å². The minimum absolute atomic E-state index is 0.000670. The van der Waals surface area contributed by atoms with E-state index in [1.807, 2.05) is 6.92 Å². The molecule has 4 nitrogen and oxygen atoms in total. The Morgan fingerprint density at radius 3 is 2.89 bits per heavy atom. The summed E-state index contributed by atoms with van der Waals surface area (Å²) < 4.78 is 13.1. The minimum Gasteiger partial charge on any atom is -0.336 e. The maximum atomic E-state index is 13.1. The molecular formula is C12H11ClFN3OS. The lowest BCUT2D eigenvalue weighted by Gasteiger charge is -2.17. The van der Waals surface area contributed by atoms with Crippen molar-refractivity contribution in [2.75, 3.05) is 7.05 Å². The number of pyridine rings is 1. The lowest BCUT2D eigenvalue weighted by Crippen LogP contribution is -2.26. The topological polar surface area (TPSA) is 46.1 Å². The molecule has 0 aliphatic heterocycles. The zero-order chi connectivity index (χ0) is 14.0. The Morgan fingerprint density at radius 2 is 2.26 bits per heavy atom. The van der Waals surface area contributed by atoms with Gasteiger partial charge in [0.1, 0.15) is 11.0 Å². The maximum Gasteiger partial charge on any atom is 0.257 e. The van der Waals surface area contributed by atoms with Crippen molar-refractivity contribution in [1.82, 2.24) is 14.9 Å². The van der Waals surface area contributed by atoms with Crippen LogP contribution in [0.3, 0.4) is 0 Å². The van der Waals surface area contributed by atoms with Gasteiger partial charge in [0.15, 0.2) is 0 Å². The number of thiazole rings is 1. The van der Waals surface area contributed by atoms with Crippen molar-refractivity contribution in [3.8, 4) is 0 Å². The van der Waals surface area contributed by atoms with Crippen molar-refractivity contribution in [3.05, 3.63) is 44.9 Å². The molecule has 0 aromatic carbocycles. The third-order valence-electron chi connectivity index (χ3n) is 2.61. The van der Waals surface area contributed by atoms with Gasteiger partial charge in [-0.25, -0.2) is 14.4 Å². The fourth-order valence-corrected chi connectivity index (χ4v) is 2.56. The predicted molar refractivity (Wildman–Crippen MR) is 71.9 cm³/mol. The van der Waals surface area contributed by atoms with E-state index in [1.54, 1.807) is 12.6 Å². The van der Waals surface area contributed by atoms with Crippen LogP contribution in [0.4, 0.5) is 4.39 Å². The van der Waals surface area contributed by atoms with Crippen LogP contribution in [-0.2, 0) is 6.54 Å². The normalized spacial score (nSPS) is 10.5. The number of carbonyl (C=O) groups excluding carboxylic acids is 1. The van der Waals surface area contributed by atoms with Gasteiger partial charge in [-0.1, -0.05) is 11.6 Å². The van der Waals surface area contributed by atoms with E-state index in [9.17, 15) is 9.18 Å². The summed E-state index contributed by atoms with van der Waals surface area (Å²) in [5, 5.41) is -0.000670. The van der Waals surface area contributed by atoms with Gasteiger partial charge < -0.3 is 4.90 Å². The van der Waals surface area contributed by atoms with Crippen molar-refractivity contribution in [2.24, 2.45) is 0 Å². The summed E-state index contributed by atoms with van der Waals surface area (Å²) in [5.41, 5.74) is 2.67. The molecule has 0 aliphatic rings. The standard InChI is InChI=1S/C12H11ClFN3OS/c1-7-10(19-6-16-7)5-17(2)12(18)9-3-8(14)4-15-11(9)13/h3-4,6H,5H2,1-2H3. The smallest absolute Gasteiger partial charge is 0.257 e. The Morgan fingerprint density at radius 1 is 1.53 bits per heavy atom. The number of hydrogen-bond donors (Lipinski definition) is 0. The lowest BCUT2D eigenvalue weighted by molar-refractivity contribution is 0.0785. The van der Waals surface area contributed by atoms with E-state index in [4.69, 9.17) is 11.6 Å². The molecule has 2 heterocycles. The highest BCUT2D eigenvalue weighted by Gasteiger charge is 2.18. The zero-order valence-corrected chi connectivity index (χ0v) is 11.9. The summed E-state index contributed by atoms with van der Waals surface area (Å²) in [5.74, 6) is -0.958. The Hall–Kier alpha value is -1.53. The van der Waals surface area contributed by atoms with E-state index < -0.39 is 5.82 Å². The third kappa shape index (κ3) is 3.08. The van der Waals surface area contributed by atoms with Gasteiger partial charge in [-0.15, -0.1) is 11.3 Å². The van der Waals surface area contributed by atoms with Crippen molar-refractivity contribution in [3.63, 3.8) is 0 Å². The van der Waals surface area contributed by atoms with Gasteiger partial charge in [-0.3, -0.25) is 4.79 Å². The second kappa shape index (κ2) is 5.63. The third-order valence-corrected chi connectivity index (χ3v) is 3.83. The molecule has 0 saturated heterocycles. The molecule has 2 aromatic rings. The van der Waals surface area contributed by atoms with E-state index in [0.29, 0.717) is 6.54 Å². The Labute approximate surface area is 118 Å². The summed E-state index contributed by atoms with van der Waals surface area (Å²) in [6.07, 6.45) is 0.979.